The van der Waals surface area contributed by atoms with Gasteiger partial charge in [0.15, 0.2) is 0 Å². The maximum absolute atomic E-state index is 12.4. The van der Waals surface area contributed by atoms with E-state index in [0.717, 1.165) is 31.5 Å². The quantitative estimate of drug-likeness (QED) is 0.866. The first kappa shape index (κ1) is 15.5. The van der Waals surface area contributed by atoms with Crippen LogP contribution in [0.2, 0.25) is 0 Å². The number of methoxy groups -OCH3 is 1. The zero-order valence-electron chi connectivity index (χ0n) is 12.8. The molecule has 114 valence electrons. The van der Waals surface area contributed by atoms with Crippen LogP contribution in [0.5, 0.6) is 0 Å². The summed E-state index contributed by atoms with van der Waals surface area (Å²) in [5.41, 5.74) is 2.05. The van der Waals surface area contributed by atoms with Crippen LogP contribution in [0.4, 0.5) is 5.69 Å². The van der Waals surface area contributed by atoms with E-state index in [0.29, 0.717) is 11.3 Å². The van der Waals surface area contributed by atoms with E-state index < -0.39 is 5.97 Å². The van der Waals surface area contributed by atoms with Crippen LogP contribution in [0, 0.1) is 12.8 Å². The average molecular weight is 290 g/mol. The highest BCUT2D eigenvalue weighted by molar-refractivity contribution is 5.96. The van der Waals surface area contributed by atoms with Crippen molar-refractivity contribution in [2.75, 3.05) is 32.6 Å². The number of amides is 1. The normalized spacial score (nSPS) is 19.1. The fraction of sp³-hybridized carbons (Fsp3) is 0.500. The number of ether oxygens (including phenoxy) is 1. The number of carbonyl (C=O) groups excluding carboxylic acids is 2. The number of hydrogen-bond donors (Lipinski definition) is 1. The molecule has 2 rings (SSSR count). The smallest absolute Gasteiger partial charge is 0.337 e. The molecule has 1 heterocycles. The minimum absolute atomic E-state index is 0.00457. The van der Waals surface area contributed by atoms with Crippen molar-refractivity contribution in [3.8, 4) is 0 Å². The average Bonchev–Trinajstić information content (AvgIpc) is 2.48. The third kappa shape index (κ3) is 3.82. The van der Waals surface area contributed by atoms with Gasteiger partial charge in [0, 0.05) is 12.2 Å². The predicted octanol–water partition coefficient (Wildman–Crippen LogP) is 2.06. The first-order valence-corrected chi connectivity index (χ1v) is 7.19. The number of rotatable bonds is 3. The number of esters is 1. The van der Waals surface area contributed by atoms with Gasteiger partial charge in [-0.2, -0.15) is 0 Å². The van der Waals surface area contributed by atoms with Gasteiger partial charge >= 0.3 is 5.97 Å². The minimum Gasteiger partial charge on any atom is -0.465 e. The lowest BCUT2D eigenvalue weighted by molar-refractivity contribution is -0.121. The van der Waals surface area contributed by atoms with Gasteiger partial charge in [-0.05, 0) is 51.1 Å². The Morgan fingerprint density at radius 1 is 1.38 bits per heavy atom. The van der Waals surface area contributed by atoms with Crippen molar-refractivity contribution in [3.63, 3.8) is 0 Å². The lowest BCUT2D eigenvalue weighted by Crippen LogP contribution is -2.38. The molecule has 0 unspecified atom stereocenters. The number of nitrogens with zero attached hydrogens (tertiary/aromatic N) is 1. The van der Waals surface area contributed by atoms with E-state index in [1.54, 1.807) is 12.1 Å². The summed E-state index contributed by atoms with van der Waals surface area (Å²) < 4.78 is 4.71. The molecule has 0 aromatic heterocycles. The van der Waals surface area contributed by atoms with Crippen molar-refractivity contribution >= 4 is 17.6 Å². The van der Waals surface area contributed by atoms with E-state index in [1.165, 1.54) is 7.11 Å². The molecule has 0 radical (unpaired) electrons. The molecule has 1 saturated heterocycles. The summed E-state index contributed by atoms with van der Waals surface area (Å²) in [6, 6.07) is 5.19. The molecule has 0 spiro atoms. The summed E-state index contributed by atoms with van der Waals surface area (Å²) in [7, 11) is 3.38. The Bertz CT molecular complexity index is 542. The number of likely N-dealkylation sites (tertiary alicyclic amines) is 1. The second-order valence-electron chi connectivity index (χ2n) is 5.61. The number of anilines is 1. The molecule has 21 heavy (non-hydrogen) atoms. The van der Waals surface area contributed by atoms with Gasteiger partial charge in [0.25, 0.3) is 0 Å². The largest absolute Gasteiger partial charge is 0.465 e. The monoisotopic (exact) mass is 290 g/mol. The summed E-state index contributed by atoms with van der Waals surface area (Å²) in [5, 5.41) is 2.95. The van der Waals surface area contributed by atoms with Crippen LogP contribution in [0.15, 0.2) is 18.2 Å². The Hall–Kier alpha value is -1.88. The molecule has 1 fully saturated rings. The number of aryl methyl sites for hydroxylation is 1. The summed E-state index contributed by atoms with van der Waals surface area (Å²) in [6.45, 7) is 3.73. The number of carbonyl (C=O) groups is 2. The molecular formula is C16H22N2O3. The van der Waals surface area contributed by atoms with Crippen LogP contribution in [0.25, 0.3) is 0 Å². The summed E-state index contributed by atoms with van der Waals surface area (Å²) in [5.74, 6) is -0.375. The minimum atomic E-state index is -0.400. The van der Waals surface area contributed by atoms with Gasteiger partial charge < -0.3 is 15.0 Å². The van der Waals surface area contributed by atoms with Crippen molar-refractivity contribution in [1.82, 2.24) is 4.90 Å². The van der Waals surface area contributed by atoms with E-state index in [4.69, 9.17) is 4.74 Å². The van der Waals surface area contributed by atoms with E-state index in [1.807, 2.05) is 20.0 Å². The number of nitrogens with one attached hydrogen (secondary N) is 1. The molecule has 1 aromatic rings. The number of piperidine rings is 1. The van der Waals surface area contributed by atoms with E-state index in [-0.39, 0.29) is 11.8 Å². The molecule has 0 aliphatic carbocycles. The van der Waals surface area contributed by atoms with Crippen molar-refractivity contribution in [3.05, 3.63) is 29.3 Å². The first-order valence-electron chi connectivity index (χ1n) is 7.19. The van der Waals surface area contributed by atoms with E-state index in [2.05, 4.69) is 10.2 Å². The zero-order valence-corrected chi connectivity index (χ0v) is 12.8. The van der Waals surface area contributed by atoms with Crippen LogP contribution < -0.4 is 5.32 Å². The van der Waals surface area contributed by atoms with Gasteiger partial charge in [-0.25, -0.2) is 4.79 Å². The topological polar surface area (TPSA) is 58.6 Å². The molecule has 5 nitrogen and oxygen atoms in total. The van der Waals surface area contributed by atoms with Crippen LogP contribution in [0.1, 0.15) is 28.8 Å². The Kier molecular flexibility index (Phi) is 4.96. The molecule has 1 aromatic carbocycles. The fourth-order valence-electron chi connectivity index (χ4n) is 2.62. The van der Waals surface area contributed by atoms with Gasteiger partial charge in [-0.15, -0.1) is 0 Å². The number of hydrogen-bond acceptors (Lipinski definition) is 4. The molecule has 1 aliphatic rings. The van der Waals surface area contributed by atoms with Gasteiger partial charge in [0.1, 0.15) is 0 Å². The molecule has 1 N–H and O–H groups in total. The van der Waals surface area contributed by atoms with Gasteiger partial charge in [-0.3, -0.25) is 4.79 Å². The van der Waals surface area contributed by atoms with Crippen LogP contribution >= 0.6 is 0 Å². The maximum Gasteiger partial charge on any atom is 0.337 e. The second kappa shape index (κ2) is 6.72. The SMILES string of the molecule is COC(=O)c1ccc(C)c(NC(=O)[C@@H]2CCCN(C)C2)c1. The van der Waals surface area contributed by atoms with Crippen LogP contribution in [-0.2, 0) is 9.53 Å². The highest BCUT2D eigenvalue weighted by atomic mass is 16.5. The van der Waals surface area contributed by atoms with Gasteiger partial charge in [0.05, 0.1) is 18.6 Å². The van der Waals surface area contributed by atoms with Crippen LogP contribution in [0.3, 0.4) is 0 Å². The summed E-state index contributed by atoms with van der Waals surface area (Å²) in [4.78, 5) is 26.1. The second-order valence-corrected chi connectivity index (χ2v) is 5.61. The van der Waals surface area contributed by atoms with Crippen molar-refractivity contribution in [1.29, 1.82) is 0 Å². The Morgan fingerprint density at radius 2 is 2.14 bits per heavy atom. The Morgan fingerprint density at radius 3 is 2.81 bits per heavy atom. The van der Waals surface area contributed by atoms with Crippen molar-refractivity contribution in [2.24, 2.45) is 5.92 Å². The first-order chi connectivity index (χ1) is 10.0. The van der Waals surface area contributed by atoms with E-state index in [9.17, 15) is 9.59 Å². The molecular weight excluding hydrogens is 268 g/mol. The molecule has 0 bridgehead atoms. The third-order valence-corrected chi connectivity index (χ3v) is 3.91. The lowest BCUT2D eigenvalue weighted by Gasteiger charge is -2.28. The summed E-state index contributed by atoms with van der Waals surface area (Å²) in [6.07, 6.45) is 1.95. The maximum atomic E-state index is 12.4. The highest BCUT2D eigenvalue weighted by Crippen LogP contribution is 2.21. The predicted molar refractivity (Wildman–Crippen MR) is 81.4 cm³/mol. The summed E-state index contributed by atoms with van der Waals surface area (Å²) >= 11 is 0. The number of benzene rings is 1. The molecule has 1 atom stereocenters. The van der Waals surface area contributed by atoms with Gasteiger partial charge in [-0.1, -0.05) is 6.07 Å². The zero-order chi connectivity index (χ0) is 15.4. The molecule has 1 amide bonds. The van der Waals surface area contributed by atoms with Crippen molar-refractivity contribution in [2.45, 2.75) is 19.8 Å². The Balaban J connectivity index is 2.11. The Labute approximate surface area is 125 Å². The third-order valence-electron chi connectivity index (χ3n) is 3.91. The van der Waals surface area contributed by atoms with Crippen molar-refractivity contribution < 1.29 is 14.3 Å². The standard InChI is InChI=1S/C16H22N2O3/c1-11-6-7-12(16(20)21-3)9-14(11)17-15(19)13-5-4-8-18(2)10-13/h6-7,9,13H,4-5,8,10H2,1-3H3,(H,17,19)/t13-/m1/s1. The molecule has 5 heteroatoms. The lowest BCUT2D eigenvalue weighted by atomic mass is 9.97. The van der Waals surface area contributed by atoms with E-state index >= 15 is 0 Å². The highest BCUT2D eigenvalue weighted by Gasteiger charge is 2.24. The van der Waals surface area contributed by atoms with Gasteiger partial charge in [0.2, 0.25) is 5.91 Å². The molecule has 0 saturated carbocycles. The van der Waals surface area contributed by atoms with Crippen LogP contribution in [-0.4, -0.2) is 44.0 Å². The fourth-order valence-corrected chi connectivity index (χ4v) is 2.62. The molecule has 1 aliphatic heterocycles.